The van der Waals surface area contributed by atoms with Crippen molar-refractivity contribution in [3.63, 3.8) is 0 Å². The second kappa shape index (κ2) is 6.26. The largest absolute Gasteiger partial charge is 0.314 e. The molecule has 1 aromatic carbocycles. The number of ketones is 1. The van der Waals surface area contributed by atoms with Crippen LogP contribution >= 0.6 is 0 Å². The molecule has 104 valence electrons. The number of rotatable bonds is 4. The van der Waals surface area contributed by atoms with Gasteiger partial charge in [0.1, 0.15) is 5.82 Å². The minimum absolute atomic E-state index is 0.0918. The lowest BCUT2D eigenvalue weighted by Crippen LogP contribution is -2.48. The molecule has 1 unspecified atom stereocenters. The quantitative estimate of drug-likeness (QED) is 0.844. The molecule has 1 saturated heterocycles. The minimum atomic E-state index is -0.258. The fourth-order valence-electron chi connectivity index (χ4n) is 2.46. The molecule has 1 atom stereocenters. The van der Waals surface area contributed by atoms with E-state index in [2.05, 4.69) is 17.1 Å². The minimum Gasteiger partial charge on any atom is -0.314 e. The van der Waals surface area contributed by atoms with E-state index in [0.29, 0.717) is 17.5 Å². The van der Waals surface area contributed by atoms with Gasteiger partial charge in [0.2, 0.25) is 0 Å². The Hall–Kier alpha value is -1.26. The summed E-state index contributed by atoms with van der Waals surface area (Å²) in [5, 5.41) is 3.30. The highest BCUT2D eigenvalue weighted by molar-refractivity contribution is 5.96. The van der Waals surface area contributed by atoms with Crippen LogP contribution in [0.3, 0.4) is 0 Å². The highest BCUT2D eigenvalue weighted by Crippen LogP contribution is 2.14. The third kappa shape index (κ3) is 3.61. The number of benzene rings is 1. The molecule has 4 heteroatoms. The van der Waals surface area contributed by atoms with Gasteiger partial charge < -0.3 is 5.32 Å². The maximum Gasteiger partial charge on any atom is 0.164 e. The van der Waals surface area contributed by atoms with E-state index >= 15 is 0 Å². The van der Waals surface area contributed by atoms with Gasteiger partial charge in [0.05, 0.1) is 0 Å². The molecule has 1 heterocycles. The molecule has 1 N–H and O–H groups in total. The predicted molar refractivity (Wildman–Crippen MR) is 74.0 cm³/mol. The number of carbonyl (C=O) groups excluding carboxylic acids is 1. The molecule has 0 bridgehead atoms. The number of Topliss-reactive ketones (excluding diaryl/α,β-unsaturated/α-hetero) is 1. The van der Waals surface area contributed by atoms with Crippen molar-refractivity contribution in [1.29, 1.82) is 0 Å². The fourth-order valence-corrected chi connectivity index (χ4v) is 2.46. The van der Waals surface area contributed by atoms with Crippen LogP contribution in [0.1, 0.15) is 29.3 Å². The first-order chi connectivity index (χ1) is 9.08. The number of halogens is 1. The summed E-state index contributed by atoms with van der Waals surface area (Å²) in [6.07, 6.45) is 0.491. The molecule has 1 aromatic rings. The SMILES string of the molecule is Cc1cc(C(=O)CC(C)N2CCNCC2)ccc1F. The van der Waals surface area contributed by atoms with Crippen LogP contribution in [-0.2, 0) is 0 Å². The zero-order valence-electron chi connectivity index (χ0n) is 11.6. The summed E-state index contributed by atoms with van der Waals surface area (Å²) in [5.41, 5.74) is 1.14. The van der Waals surface area contributed by atoms with Gasteiger partial charge in [-0.15, -0.1) is 0 Å². The van der Waals surface area contributed by atoms with Crippen molar-refractivity contribution in [3.05, 3.63) is 35.1 Å². The average molecular weight is 264 g/mol. The van der Waals surface area contributed by atoms with Crippen molar-refractivity contribution in [2.75, 3.05) is 26.2 Å². The normalized spacial score (nSPS) is 18.3. The molecule has 0 radical (unpaired) electrons. The average Bonchev–Trinajstić information content (AvgIpc) is 2.42. The molecule has 0 spiro atoms. The first-order valence-corrected chi connectivity index (χ1v) is 6.82. The van der Waals surface area contributed by atoms with Crippen LogP contribution in [0, 0.1) is 12.7 Å². The second-order valence-corrected chi connectivity index (χ2v) is 5.23. The number of aryl methyl sites for hydroxylation is 1. The number of nitrogens with one attached hydrogen (secondary N) is 1. The van der Waals surface area contributed by atoms with E-state index in [-0.39, 0.29) is 17.6 Å². The summed E-state index contributed by atoms with van der Waals surface area (Å²) < 4.78 is 13.2. The molecule has 3 nitrogen and oxygen atoms in total. The molecule has 1 fully saturated rings. The predicted octanol–water partition coefficient (Wildman–Crippen LogP) is 2.00. The van der Waals surface area contributed by atoms with Gasteiger partial charge in [-0.2, -0.15) is 0 Å². The van der Waals surface area contributed by atoms with Gasteiger partial charge in [-0.05, 0) is 37.6 Å². The number of carbonyl (C=O) groups is 1. The van der Waals surface area contributed by atoms with Crippen molar-refractivity contribution < 1.29 is 9.18 Å². The van der Waals surface area contributed by atoms with E-state index in [9.17, 15) is 9.18 Å². The first-order valence-electron chi connectivity index (χ1n) is 6.82. The van der Waals surface area contributed by atoms with Crippen LogP contribution in [0.2, 0.25) is 0 Å². The van der Waals surface area contributed by atoms with Crippen LogP contribution in [0.15, 0.2) is 18.2 Å². The van der Waals surface area contributed by atoms with E-state index in [1.54, 1.807) is 19.1 Å². The summed E-state index contributed by atoms with van der Waals surface area (Å²) in [6, 6.07) is 4.83. The van der Waals surface area contributed by atoms with Crippen molar-refractivity contribution in [2.45, 2.75) is 26.3 Å². The summed E-state index contributed by atoms with van der Waals surface area (Å²) in [6.45, 7) is 7.70. The Kier molecular flexibility index (Phi) is 4.66. The summed E-state index contributed by atoms with van der Waals surface area (Å²) in [5.74, 6) is -0.166. The summed E-state index contributed by atoms with van der Waals surface area (Å²) in [7, 11) is 0. The molecular formula is C15H21FN2O. The van der Waals surface area contributed by atoms with Crippen molar-refractivity contribution >= 4 is 5.78 Å². The lowest BCUT2D eigenvalue weighted by Gasteiger charge is -2.32. The first kappa shape index (κ1) is 14.2. The standard InChI is InChI=1S/C15H21FN2O/c1-11-9-13(3-4-14(11)16)15(19)10-12(2)18-7-5-17-6-8-18/h3-4,9,12,17H,5-8,10H2,1-2H3. The van der Waals surface area contributed by atoms with Gasteiger partial charge in [-0.1, -0.05) is 0 Å². The second-order valence-electron chi connectivity index (χ2n) is 5.23. The van der Waals surface area contributed by atoms with Crippen molar-refractivity contribution in [3.8, 4) is 0 Å². The van der Waals surface area contributed by atoms with Crippen LogP contribution < -0.4 is 5.32 Å². The molecule has 0 amide bonds. The summed E-state index contributed by atoms with van der Waals surface area (Å²) in [4.78, 5) is 14.5. The Labute approximate surface area is 113 Å². The Morgan fingerprint density at radius 1 is 1.42 bits per heavy atom. The molecule has 2 rings (SSSR count). The maximum absolute atomic E-state index is 13.2. The Balaban J connectivity index is 1.97. The molecule has 0 saturated carbocycles. The number of hydrogen-bond acceptors (Lipinski definition) is 3. The highest BCUT2D eigenvalue weighted by Gasteiger charge is 2.19. The zero-order valence-corrected chi connectivity index (χ0v) is 11.6. The van der Waals surface area contributed by atoms with Gasteiger partial charge in [-0.25, -0.2) is 4.39 Å². The van der Waals surface area contributed by atoms with Crippen molar-refractivity contribution in [1.82, 2.24) is 10.2 Å². The molecule has 19 heavy (non-hydrogen) atoms. The molecule has 1 aliphatic rings. The zero-order chi connectivity index (χ0) is 13.8. The molecular weight excluding hydrogens is 243 g/mol. The van der Waals surface area contributed by atoms with Crippen LogP contribution in [0.4, 0.5) is 4.39 Å². The van der Waals surface area contributed by atoms with Gasteiger partial charge in [0.15, 0.2) is 5.78 Å². The van der Waals surface area contributed by atoms with Gasteiger partial charge in [-0.3, -0.25) is 9.69 Å². The lowest BCUT2D eigenvalue weighted by atomic mass is 10.0. The van der Waals surface area contributed by atoms with E-state index in [1.807, 2.05) is 0 Å². The Morgan fingerprint density at radius 3 is 2.74 bits per heavy atom. The maximum atomic E-state index is 13.2. The number of hydrogen-bond donors (Lipinski definition) is 1. The third-order valence-electron chi connectivity index (χ3n) is 3.74. The highest BCUT2D eigenvalue weighted by atomic mass is 19.1. The Bertz CT molecular complexity index is 455. The van der Waals surface area contributed by atoms with Crippen LogP contribution in [0.5, 0.6) is 0 Å². The van der Waals surface area contributed by atoms with E-state index in [4.69, 9.17) is 0 Å². The Morgan fingerprint density at radius 2 is 2.11 bits per heavy atom. The topological polar surface area (TPSA) is 32.3 Å². The van der Waals surface area contributed by atoms with Gasteiger partial charge in [0, 0.05) is 44.2 Å². The van der Waals surface area contributed by atoms with Crippen LogP contribution in [-0.4, -0.2) is 42.9 Å². The molecule has 1 aliphatic heterocycles. The van der Waals surface area contributed by atoms with Gasteiger partial charge >= 0.3 is 0 Å². The fraction of sp³-hybridized carbons (Fsp3) is 0.533. The van der Waals surface area contributed by atoms with Gasteiger partial charge in [0.25, 0.3) is 0 Å². The smallest absolute Gasteiger partial charge is 0.164 e. The lowest BCUT2D eigenvalue weighted by molar-refractivity contribution is 0.0917. The molecule has 0 aromatic heterocycles. The van der Waals surface area contributed by atoms with E-state index in [1.165, 1.54) is 6.07 Å². The van der Waals surface area contributed by atoms with E-state index in [0.717, 1.165) is 26.2 Å². The van der Waals surface area contributed by atoms with Crippen molar-refractivity contribution in [2.24, 2.45) is 0 Å². The number of nitrogens with zero attached hydrogens (tertiary/aromatic N) is 1. The number of piperazine rings is 1. The third-order valence-corrected chi connectivity index (χ3v) is 3.74. The van der Waals surface area contributed by atoms with E-state index < -0.39 is 0 Å². The molecule has 0 aliphatic carbocycles. The monoisotopic (exact) mass is 264 g/mol. The van der Waals surface area contributed by atoms with Crippen LogP contribution in [0.25, 0.3) is 0 Å². The summed E-state index contributed by atoms with van der Waals surface area (Å²) >= 11 is 0.